The van der Waals surface area contributed by atoms with Crippen LogP contribution in [0.4, 0.5) is 0 Å². The number of hydrogen-bond acceptors (Lipinski definition) is 0. The summed E-state index contributed by atoms with van der Waals surface area (Å²) in [6, 6.07) is 0. The highest BCUT2D eigenvalue weighted by Crippen LogP contribution is 2.28. The highest BCUT2D eigenvalue weighted by molar-refractivity contribution is 5.55. The second-order valence-electron chi connectivity index (χ2n) is 5.12. The molecule has 1 atom stereocenters. The van der Waals surface area contributed by atoms with E-state index in [0.717, 1.165) is 12.8 Å². The summed E-state index contributed by atoms with van der Waals surface area (Å²) in [6.45, 7) is 11.1. The van der Waals surface area contributed by atoms with Crippen molar-refractivity contribution < 1.29 is 0 Å². The van der Waals surface area contributed by atoms with E-state index in [-0.39, 0.29) is 0 Å². The number of unbranched alkanes of at least 4 members (excludes halogenated alkanes) is 1. The Labute approximate surface area is 118 Å². The molecule has 0 aliphatic rings. The molecule has 0 saturated carbocycles. The van der Waals surface area contributed by atoms with Gasteiger partial charge in [0.15, 0.2) is 0 Å². The van der Waals surface area contributed by atoms with Gasteiger partial charge in [0.1, 0.15) is 0 Å². The minimum absolute atomic E-state index is 0.478. The van der Waals surface area contributed by atoms with Crippen molar-refractivity contribution in [3.05, 3.63) is 40.7 Å². The van der Waals surface area contributed by atoms with Gasteiger partial charge in [-0.3, -0.25) is 0 Å². The summed E-state index contributed by atoms with van der Waals surface area (Å²) in [5.74, 6) is 0.478. The second-order valence-corrected chi connectivity index (χ2v) is 5.12. The molecule has 0 saturated heterocycles. The lowest BCUT2D eigenvalue weighted by Gasteiger charge is -2.08. The highest BCUT2D eigenvalue weighted by atomic mass is 14.7. The van der Waals surface area contributed by atoms with Crippen LogP contribution in [0.5, 0.6) is 0 Å². The zero-order valence-corrected chi connectivity index (χ0v) is 13.2. The van der Waals surface area contributed by atoms with Crippen LogP contribution in [-0.4, -0.2) is 4.98 Å². The van der Waals surface area contributed by atoms with Gasteiger partial charge >= 0.3 is 0 Å². The molecule has 1 aromatic heterocycles. The Hall–Kier alpha value is -1.24. The molecule has 0 aromatic carbocycles. The molecule has 0 radical (unpaired) electrons. The van der Waals surface area contributed by atoms with Gasteiger partial charge in [0.05, 0.1) is 0 Å². The van der Waals surface area contributed by atoms with Crippen molar-refractivity contribution in [1.29, 1.82) is 0 Å². The van der Waals surface area contributed by atoms with Crippen molar-refractivity contribution in [2.75, 3.05) is 0 Å². The van der Waals surface area contributed by atoms with E-state index in [1.54, 1.807) is 0 Å². The lowest BCUT2D eigenvalue weighted by atomic mass is 9.97. The van der Waals surface area contributed by atoms with Crippen molar-refractivity contribution in [1.82, 2.24) is 4.98 Å². The number of hydrogen-bond donors (Lipinski definition) is 1. The zero-order chi connectivity index (χ0) is 14.3. The van der Waals surface area contributed by atoms with Gasteiger partial charge in [-0.05, 0) is 43.4 Å². The molecular weight excluding hydrogens is 230 g/mol. The van der Waals surface area contributed by atoms with Crippen molar-refractivity contribution in [2.24, 2.45) is 0 Å². The maximum atomic E-state index is 3.64. The zero-order valence-electron chi connectivity index (χ0n) is 13.2. The third kappa shape index (κ3) is 3.86. The van der Waals surface area contributed by atoms with Crippen LogP contribution < -0.4 is 0 Å². The largest absolute Gasteiger partial charge is 0.358 e. The van der Waals surface area contributed by atoms with Gasteiger partial charge < -0.3 is 4.98 Å². The molecule has 0 spiro atoms. The maximum Gasteiger partial charge on any atom is 0.0414 e. The van der Waals surface area contributed by atoms with Gasteiger partial charge in [0.2, 0.25) is 0 Å². The molecule has 0 aliphatic heterocycles. The number of allylic oxidation sites excluding steroid dienone is 3. The van der Waals surface area contributed by atoms with E-state index in [1.165, 1.54) is 35.4 Å². The molecule has 1 heterocycles. The molecule has 0 amide bonds. The Kier molecular flexibility index (Phi) is 6.69. The van der Waals surface area contributed by atoms with Gasteiger partial charge in [0, 0.05) is 17.3 Å². The molecule has 1 heteroatoms. The average Bonchev–Trinajstić information content (AvgIpc) is 2.77. The monoisotopic (exact) mass is 259 g/mol. The van der Waals surface area contributed by atoms with E-state index in [1.807, 2.05) is 0 Å². The Morgan fingerprint density at radius 1 is 1.11 bits per heavy atom. The first-order chi connectivity index (χ1) is 9.19. The van der Waals surface area contributed by atoms with Crippen LogP contribution in [0, 0.1) is 0 Å². The number of H-pyrrole nitrogens is 1. The Morgan fingerprint density at radius 2 is 1.79 bits per heavy atom. The minimum Gasteiger partial charge on any atom is -0.358 e. The smallest absolute Gasteiger partial charge is 0.0414 e. The quantitative estimate of drug-likeness (QED) is 0.611. The van der Waals surface area contributed by atoms with Crippen molar-refractivity contribution in [3.63, 3.8) is 0 Å². The predicted octanol–water partition coefficient (Wildman–Crippen LogP) is 5.63. The van der Waals surface area contributed by atoms with Crippen LogP contribution in [0.1, 0.15) is 75.9 Å². The van der Waals surface area contributed by atoms with Crippen molar-refractivity contribution in [2.45, 2.75) is 66.2 Å². The summed E-state index contributed by atoms with van der Waals surface area (Å²) >= 11 is 0. The van der Waals surface area contributed by atoms with Gasteiger partial charge in [-0.25, -0.2) is 0 Å². The van der Waals surface area contributed by atoms with Crippen LogP contribution in [0.15, 0.2) is 18.2 Å². The molecule has 106 valence electrons. The fourth-order valence-corrected chi connectivity index (χ4v) is 2.69. The first-order valence-corrected chi connectivity index (χ1v) is 7.72. The lowest BCUT2D eigenvalue weighted by Crippen LogP contribution is -1.96. The third-order valence-electron chi connectivity index (χ3n) is 3.66. The molecule has 0 fully saturated rings. The molecule has 1 aromatic rings. The SMILES string of the molecule is C/C=C\c1[nH]c([C@@H](C)/C=C\CCC)c(CC)c1CC. The lowest BCUT2D eigenvalue weighted by molar-refractivity contribution is 0.872. The van der Waals surface area contributed by atoms with Crippen LogP contribution in [0.25, 0.3) is 6.08 Å². The summed E-state index contributed by atoms with van der Waals surface area (Å²) in [4.78, 5) is 3.64. The third-order valence-corrected chi connectivity index (χ3v) is 3.66. The van der Waals surface area contributed by atoms with Gasteiger partial charge in [0.25, 0.3) is 0 Å². The Balaban J connectivity index is 3.12. The minimum atomic E-state index is 0.478. The number of aromatic amines is 1. The summed E-state index contributed by atoms with van der Waals surface area (Å²) in [7, 11) is 0. The number of aromatic nitrogens is 1. The van der Waals surface area contributed by atoms with Gasteiger partial charge in [-0.15, -0.1) is 0 Å². The van der Waals surface area contributed by atoms with Crippen LogP contribution in [-0.2, 0) is 12.8 Å². The number of rotatable bonds is 7. The van der Waals surface area contributed by atoms with Gasteiger partial charge in [-0.1, -0.05) is 52.3 Å². The molecular formula is C18H29N. The topological polar surface area (TPSA) is 15.8 Å². The maximum absolute atomic E-state index is 3.64. The van der Waals surface area contributed by atoms with Crippen LogP contribution in [0.2, 0.25) is 0 Å². The highest BCUT2D eigenvalue weighted by Gasteiger charge is 2.16. The van der Waals surface area contributed by atoms with E-state index in [2.05, 4.69) is 63.9 Å². The molecule has 0 bridgehead atoms. The van der Waals surface area contributed by atoms with E-state index in [4.69, 9.17) is 0 Å². The number of nitrogens with one attached hydrogen (secondary N) is 1. The van der Waals surface area contributed by atoms with Crippen molar-refractivity contribution in [3.8, 4) is 0 Å². The molecule has 1 nitrogen and oxygen atoms in total. The average molecular weight is 259 g/mol. The molecule has 0 aliphatic carbocycles. The normalized spacial score (nSPS) is 13.7. The summed E-state index contributed by atoms with van der Waals surface area (Å²) in [6.07, 6.45) is 13.6. The first-order valence-electron chi connectivity index (χ1n) is 7.72. The summed E-state index contributed by atoms with van der Waals surface area (Å²) < 4.78 is 0. The van der Waals surface area contributed by atoms with Gasteiger partial charge in [-0.2, -0.15) is 0 Å². The van der Waals surface area contributed by atoms with E-state index in [0.29, 0.717) is 5.92 Å². The summed E-state index contributed by atoms with van der Waals surface area (Å²) in [5.41, 5.74) is 5.71. The van der Waals surface area contributed by atoms with E-state index < -0.39 is 0 Å². The first kappa shape index (κ1) is 15.8. The standard InChI is InChI=1S/C18H29N/c1-6-10-11-13-14(5)18-16(9-4)15(8-3)17(19-18)12-7-2/h7,11-14,19H,6,8-10H2,1-5H3/b12-7-,13-11-/t14-/m0/s1. The fourth-order valence-electron chi connectivity index (χ4n) is 2.69. The molecule has 19 heavy (non-hydrogen) atoms. The summed E-state index contributed by atoms with van der Waals surface area (Å²) in [5, 5.41) is 0. The van der Waals surface area contributed by atoms with Crippen molar-refractivity contribution >= 4 is 6.08 Å². The molecule has 1 rings (SSSR count). The van der Waals surface area contributed by atoms with E-state index in [9.17, 15) is 0 Å². The Bertz CT molecular complexity index is 435. The molecule has 0 unspecified atom stereocenters. The molecule has 1 N–H and O–H groups in total. The second kappa shape index (κ2) is 8.04. The predicted molar refractivity (Wildman–Crippen MR) is 86.7 cm³/mol. The fraction of sp³-hybridized carbons (Fsp3) is 0.556. The van der Waals surface area contributed by atoms with E-state index >= 15 is 0 Å². The van der Waals surface area contributed by atoms with Crippen LogP contribution in [0.3, 0.4) is 0 Å². The Morgan fingerprint density at radius 3 is 2.32 bits per heavy atom. The van der Waals surface area contributed by atoms with Crippen LogP contribution >= 0.6 is 0 Å².